The van der Waals surface area contributed by atoms with Crippen LogP contribution in [0.15, 0.2) is 355 Å². The summed E-state index contributed by atoms with van der Waals surface area (Å²) >= 11 is 3.72. The van der Waals surface area contributed by atoms with Gasteiger partial charge >= 0.3 is 0 Å². The fourth-order valence-corrected chi connectivity index (χ4v) is 21.7. The van der Waals surface area contributed by atoms with Crippen LogP contribution < -0.4 is 0 Å². The highest BCUT2D eigenvalue weighted by molar-refractivity contribution is 7.26. The van der Waals surface area contributed by atoms with Gasteiger partial charge < -0.3 is 8.83 Å². The summed E-state index contributed by atoms with van der Waals surface area (Å²) in [6, 6.07) is 130. The van der Waals surface area contributed by atoms with Crippen LogP contribution in [0, 0.1) is 0 Å². The van der Waals surface area contributed by atoms with Crippen LogP contribution in [0.4, 0.5) is 0 Å². The molecule has 20 aromatic carbocycles. The SMILES string of the molecule is CCCCc1ccc2ccccc2c1-c1c2ccccc2c(-c2cccc(-c3cc4c(cc3-c3cccc5c(-c6c7ccccc7c(-c7cccc(-c8ccc9sc%10cc%11c(cc%10c9c8)oc8ccc9ccccc9c8%11)c7)c7ccccc67)cccc35)sc3ccc5c(oc6ccc7ccccc7c65)c34)c2)c2ccccc12. The number of rotatable bonds is 10. The van der Waals surface area contributed by atoms with Gasteiger partial charge in [-0.1, -0.05) is 286 Å². The Bertz CT molecular complexity index is 8080. The van der Waals surface area contributed by atoms with E-state index in [9.17, 15) is 0 Å². The maximum absolute atomic E-state index is 7.13. The monoisotopic (exact) mass is 1460 g/mol. The molecule has 2 nitrogen and oxygen atoms in total. The minimum absolute atomic E-state index is 0.904. The van der Waals surface area contributed by atoms with Gasteiger partial charge in [-0.05, 0) is 255 Å². The van der Waals surface area contributed by atoms with Crippen molar-refractivity contribution in [2.75, 3.05) is 0 Å². The Hall–Kier alpha value is -13.5. The van der Waals surface area contributed by atoms with E-state index in [0.29, 0.717) is 0 Å². The van der Waals surface area contributed by atoms with Crippen molar-refractivity contribution in [3.05, 3.63) is 351 Å². The zero-order valence-corrected chi connectivity index (χ0v) is 62.8. The quantitative estimate of drug-likeness (QED) is 0.128. The van der Waals surface area contributed by atoms with Gasteiger partial charge in [0.25, 0.3) is 0 Å². The number of benzene rings is 20. The minimum Gasteiger partial charge on any atom is -0.456 e. The van der Waals surface area contributed by atoms with E-state index in [-0.39, 0.29) is 0 Å². The first-order valence-electron chi connectivity index (χ1n) is 39.1. The summed E-state index contributed by atoms with van der Waals surface area (Å²) < 4.78 is 18.7. The predicted octanol–water partition coefficient (Wildman–Crippen LogP) is 32.5. The van der Waals surface area contributed by atoms with Gasteiger partial charge in [0, 0.05) is 61.9 Å². The summed E-state index contributed by atoms with van der Waals surface area (Å²) in [4.78, 5) is 0. The first-order chi connectivity index (χ1) is 55.5. The van der Waals surface area contributed by atoms with Crippen LogP contribution >= 0.6 is 22.7 Å². The van der Waals surface area contributed by atoms with E-state index in [1.165, 1.54) is 199 Å². The van der Waals surface area contributed by atoms with Crippen molar-refractivity contribution in [1.82, 2.24) is 0 Å². The average Bonchev–Trinajstić information content (AvgIpc) is 1.16. The standard InChI is InChI=1S/C108H66O2S2/c1-2-3-22-65-46-45-62-23-4-7-30-71(62)102(65)106-84-39-16-12-35-80(84)101(81-36-13-17-40-85(81)106)70-29-19-27-68(56-70)87-58-92-99(112-97-54-50-86-104-72-31-8-5-24-63(72)48-52-94(104)110-108(86)107(92)97)60-88(87)76-43-20-42-75-74(76)41-21-44-77(75)103-82-37-14-10-33-78(82)100(79-34-11-15-38-83(79)103)69-28-18-26-66(55-69)67-49-53-96-89(57-67)90-59-95-91(61-98(90)111-96)105-73-32-9-6-25-64(73)47-51-93(105)109-95/h4-21,23-61H,2-3,22H2,1H3. The van der Waals surface area contributed by atoms with Gasteiger partial charge in [0.1, 0.15) is 22.3 Å². The van der Waals surface area contributed by atoms with Gasteiger partial charge in [0.2, 0.25) is 0 Å². The Morgan fingerprint density at radius 2 is 0.696 bits per heavy atom. The van der Waals surface area contributed by atoms with Crippen LogP contribution in [0.2, 0.25) is 0 Å². The summed E-state index contributed by atoms with van der Waals surface area (Å²) in [7, 11) is 0. The van der Waals surface area contributed by atoms with Crippen LogP contribution in [-0.4, -0.2) is 0 Å². The van der Waals surface area contributed by atoms with Gasteiger partial charge in [0.15, 0.2) is 0 Å². The van der Waals surface area contributed by atoms with E-state index < -0.39 is 0 Å². The lowest BCUT2D eigenvalue weighted by Gasteiger charge is -2.21. The highest BCUT2D eigenvalue weighted by atomic mass is 32.1. The molecule has 522 valence electrons. The van der Waals surface area contributed by atoms with Gasteiger partial charge in [-0.15, -0.1) is 22.7 Å². The van der Waals surface area contributed by atoms with Crippen molar-refractivity contribution in [3.63, 3.8) is 0 Å². The maximum Gasteiger partial charge on any atom is 0.144 e. The van der Waals surface area contributed by atoms with Gasteiger partial charge in [-0.25, -0.2) is 0 Å². The molecule has 4 heterocycles. The van der Waals surface area contributed by atoms with E-state index in [0.717, 1.165) is 74.3 Å². The van der Waals surface area contributed by atoms with E-state index >= 15 is 0 Å². The van der Waals surface area contributed by atoms with Gasteiger partial charge in [-0.3, -0.25) is 0 Å². The third-order valence-electron chi connectivity index (χ3n) is 24.4. The molecular formula is C108H66O2S2. The fourth-order valence-electron chi connectivity index (χ4n) is 19.5. The summed E-state index contributed by atoms with van der Waals surface area (Å²) in [5, 5.41) is 29.1. The minimum atomic E-state index is 0.904. The second-order valence-corrected chi connectivity index (χ2v) is 32.6. The molecule has 4 heteroatoms. The molecule has 24 aromatic rings. The molecule has 0 bridgehead atoms. The topological polar surface area (TPSA) is 26.3 Å². The predicted molar refractivity (Wildman–Crippen MR) is 483 cm³/mol. The number of hydrogen-bond acceptors (Lipinski definition) is 4. The first-order valence-corrected chi connectivity index (χ1v) is 40.7. The fraction of sp³-hybridized carbons (Fsp3) is 0.0370. The second-order valence-electron chi connectivity index (χ2n) is 30.5. The number of unbranched alkanes of at least 4 members (excludes halogenated alkanes) is 1. The van der Waals surface area contributed by atoms with E-state index in [2.05, 4.69) is 353 Å². The Labute approximate surface area is 652 Å². The highest BCUT2D eigenvalue weighted by Gasteiger charge is 2.27. The highest BCUT2D eigenvalue weighted by Crippen LogP contribution is 2.54. The zero-order chi connectivity index (χ0) is 73.4. The molecule has 0 aliphatic heterocycles. The van der Waals surface area contributed by atoms with Crippen LogP contribution in [0.5, 0.6) is 0 Å². The largest absolute Gasteiger partial charge is 0.456 e. The normalized spacial score (nSPS) is 12.3. The summed E-state index contributed by atoms with van der Waals surface area (Å²) in [5.74, 6) is 0. The Morgan fingerprint density at radius 1 is 0.223 bits per heavy atom. The van der Waals surface area contributed by atoms with Crippen molar-refractivity contribution in [2.24, 2.45) is 0 Å². The van der Waals surface area contributed by atoms with E-state index in [1.54, 1.807) is 0 Å². The third kappa shape index (κ3) is 9.50. The lowest BCUT2D eigenvalue weighted by Crippen LogP contribution is -1.96. The van der Waals surface area contributed by atoms with Gasteiger partial charge in [0.05, 0.1) is 0 Å². The Balaban J connectivity index is 0.686. The van der Waals surface area contributed by atoms with Crippen molar-refractivity contribution >= 4 is 193 Å². The molecule has 4 aromatic heterocycles. The first kappa shape index (κ1) is 63.4. The molecule has 112 heavy (non-hydrogen) atoms. The molecule has 0 unspecified atom stereocenters. The molecule has 0 amide bonds. The number of furan rings is 2. The molecule has 24 rings (SSSR count). The lowest BCUT2D eigenvalue weighted by molar-refractivity contribution is 0.670. The van der Waals surface area contributed by atoms with Crippen LogP contribution in [0.1, 0.15) is 25.3 Å². The molecule has 0 radical (unpaired) electrons. The molecule has 0 N–H and O–H groups in total. The number of hydrogen-bond donors (Lipinski definition) is 0. The third-order valence-corrected chi connectivity index (χ3v) is 26.7. The maximum atomic E-state index is 7.13. The summed E-state index contributed by atoms with van der Waals surface area (Å²) in [6.45, 7) is 2.30. The molecule has 0 fully saturated rings. The van der Waals surface area contributed by atoms with Crippen LogP contribution in [0.25, 0.3) is 248 Å². The molecule has 0 aliphatic carbocycles. The average molecular weight is 1460 g/mol. The molecular weight excluding hydrogens is 1390 g/mol. The number of thiophene rings is 2. The molecule has 0 spiro atoms. The van der Waals surface area contributed by atoms with E-state index in [1.807, 2.05) is 22.7 Å². The Kier molecular flexibility index (Phi) is 14.0. The van der Waals surface area contributed by atoms with Crippen molar-refractivity contribution < 1.29 is 8.83 Å². The molecule has 0 aliphatic rings. The molecule has 0 atom stereocenters. The molecule has 0 saturated carbocycles. The van der Waals surface area contributed by atoms with Crippen LogP contribution in [0.3, 0.4) is 0 Å². The van der Waals surface area contributed by atoms with Crippen molar-refractivity contribution in [2.45, 2.75) is 26.2 Å². The lowest BCUT2D eigenvalue weighted by atomic mass is 9.82. The summed E-state index contributed by atoms with van der Waals surface area (Å²) in [6.07, 6.45) is 3.28. The summed E-state index contributed by atoms with van der Waals surface area (Å²) in [5.41, 5.74) is 22.0. The van der Waals surface area contributed by atoms with Crippen molar-refractivity contribution in [1.29, 1.82) is 0 Å². The van der Waals surface area contributed by atoms with Crippen molar-refractivity contribution in [3.8, 4) is 77.9 Å². The number of fused-ring (bicyclic) bond motifs is 23. The Morgan fingerprint density at radius 3 is 1.35 bits per heavy atom. The smallest absolute Gasteiger partial charge is 0.144 e. The van der Waals surface area contributed by atoms with Crippen LogP contribution in [-0.2, 0) is 6.42 Å². The van der Waals surface area contributed by atoms with Gasteiger partial charge in [-0.2, -0.15) is 0 Å². The zero-order valence-electron chi connectivity index (χ0n) is 61.2. The second kappa shape index (κ2) is 24.8. The molecule has 0 saturated heterocycles. The van der Waals surface area contributed by atoms with E-state index in [4.69, 9.17) is 8.83 Å². The number of aryl methyl sites for hydroxylation is 1.